The summed E-state index contributed by atoms with van der Waals surface area (Å²) in [5.74, 6) is 0.930. The molecule has 0 saturated heterocycles. The monoisotopic (exact) mass is 358 g/mol. The van der Waals surface area contributed by atoms with Crippen LogP contribution in [0.15, 0.2) is 82.2 Å². The molecule has 0 aliphatic carbocycles. The lowest BCUT2D eigenvalue weighted by molar-refractivity contribution is 0.410. The molecule has 0 radical (unpaired) electrons. The summed E-state index contributed by atoms with van der Waals surface area (Å²) in [6.07, 6.45) is 2.19. The molecular formula is C23H18O4. The topological polar surface area (TPSA) is 59.7 Å². The summed E-state index contributed by atoms with van der Waals surface area (Å²) >= 11 is 0. The van der Waals surface area contributed by atoms with Crippen molar-refractivity contribution >= 4 is 11.0 Å². The average molecular weight is 358 g/mol. The van der Waals surface area contributed by atoms with Crippen LogP contribution in [0, 0.1) is 0 Å². The molecule has 27 heavy (non-hydrogen) atoms. The highest BCUT2D eigenvalue weighted by Gasteiger charge is 2.10. The average Bonchev–Trinajstić information content (AvgIpc) is 2.69. The molecule has 4 aromatic rings. The van der Waals surface area contributed by atoms with Crippen LogP contribution in [0.3, 0.4) is 0 Å². The van der Waals surface area contributed by atoms with Crippen LogP contribution in [0.25, 0.3) is 22.1 Å². The van der Waals surface area contributed by atoms with Crippen LogP contribution in [0.1, 0.15) is 11.1 Å². The zero-order valence-corrected chi connectivity index (χ0v) is 14.8. The van der Waals surface area contributed by atoms with Crippen LogP contribution in [0.2, 0.25) is 0 Å². The Kier molecular flexibility index (Phi) is 4.38. The molecular weight excluding hydrogens is 340 g/mol. The minimum absolute atomic E-state index is 0.0686. The van der Waals surface area contributed by atoms with Gasteiger partial charge in [-0.25, -0.2) is 0 Å². The second kappa shape index (κ2) is 7.00. The van der Waals surface area contributed by atoms with E-state index in [1.165, 1.54) is 18.4 Å². The number of rotatable bonds is 4. The molecule has 1 N–H and O–H groups in total. The van der Waals surface area contributed by atoms with Gasteiger partial charge in [0.25, 0.3) is 0 Å². The molecule has 1 aromatic heterocycles. The first-order chi connectivity index (χ1) is 13.2. The fraction of sp³-hybridized carbons (Fsp3) is 0.0870. The number of phenols is 1. The second-order valence-corrected chi connectivity index (χ2v) is 6.34. The molecule has 0 saturated carbocycles. The van der Waals surface area contributed by atoms with Crippen LogP contribution < -0.4 is 10.2 Å². The minimum Gasteiger partial charge on any atom is -0.508 e. The van der Waals surface area contributed by atoms with Crippen LogP contribution >= 0.6 is 0 Å². The van der Waals surface area contributed by atoms with E-state index in [-0.39, 0.29) is 11.2 Å². The van der Waals surface area contributed by atoms with Gasteiger partial charge in [0.05, 0.1) is 18.1 Å². The summed E-state index contributed by atoms with van der Waals surface area (Å²) < 4.78 is 10.9. The summed E-state index contributed by atoms with van der Waals surface area (Å²) in [5, 5.41) is 9.97. The normalized spacial score (nSPS) is 10.9. The van der Waals surface area contributed by atoms with E-state index in [0.29, 0.717) is 16.5 Å². The number of aromatic hydroxyl groups is 1. The van der Waals surface area contributed by atoms with Gasteiger partial charge in [0, 0.05) is 12.5 Å². The lowest BCUT2D eigenvalue weighted by Crippen LogP contribution is -2.04. The molecule has 134 valence electrons. The Hall–Kier alpha value is -3.53. The van der Waals surface area contributed by atoms with Gasteiger partial charge in [-0.05, 0) is 34.9 Å². The highest BCUT2D eigenvalue weighted by atomic mass is 16.5. The first kappa shape index (κ1) is 16.9. The molecule has 0 fully saturated rings. The van der Waals surface area contributed by atoms with Crippen molar-refractivity contribution in [2.75, 3.05) is 7.11 Å². The van der Waals surface area contributed by atoms with Crippen molar-refractivity contribution in [1.29, 1.82) is 0 Å². The quantitative estimate of drug-likeness (QED) is 0.571. The summed E-state index contributed by atoms with van der Waals surface area (Å²) in [4.78, 5) is 12.7. The summed E-state index contributed by atoms with van der Waals surface area (Å²) in [7, 11) is 1.67. The first-order valence-electron chi connectivity index (χ1n) is 8.61. The second-order valence-electron chi connectivity index (χ2n) is 6.34. The lowest BCUT2D eigenvalue weighted by Gasteiger charge is -2.09. The molecule has 4 heteroatoms. The Bertz CT molecular complexity index is 1160. The highest BCUT2D eigenvalue weighted by Crippen LogP contribution is 2.25. The largest absolute Gasteiger partial charge is 0.508 e. The molecule has 0 aliphatic rings. The van der Waals surface area contributed by atoms with E-state index in [4.69, 9.17) is 9.15 Å². The van der Waals surface area contributed by atoms with Crippen molar-refractivity contribution in [3.8, 4) is 22.6 Å². The van der Waals surface area contributed by atoms with Crippen molar-refractivity contribution in [1.82, 2.24) is 0 Å². The molecule has 4 rings (SSSR count). The summed E-state index contributed by atoms with van der Waals surface area (Å²) in [5.41, 5.74) is 3.78. The number of ether oxygens (including phenoxy) is 1. The zero-order chi connectivity index (χ0) is 18.8. The van der Waals surface area contributed by atoms with Gasteiger partial charge in [-0.15, -0.1) is 0 Å². The fourth-order valence-corrected chi connectivity index (χ4v) is 3.19. The Morgan fingerprint density at radius 3 is 2.56 bits per heavy atom. The van der Waals surface area contributed by atoms with E-state index >= 15 is 0 Å². The fourth-order valence-electron chi connectivity index (χ4n) is 3.19. The van der Waals surface area contributed by atoms with Gasteiger partial charge in [0.2, 0.25) is 0 Å². The van der Waals surface area contributed by atoms with E-state index in [0.717, 1.165) is 28.9 Å². The van der Waals surface area contributed by atoms with E-state index in [2.05, 4.69) is 0 Å². The van der Waals surface area contributed by atoms with Gasteiger partial charge >= 0.3 is 0 Å². The predicted molar refractivity (Wildman–Crippen MR) is 105 cm³/mol. The van der Waals surface area contributed by atoms with Gasteiger partial charge in [0.1, 0.15) is 23.3 Å². The highest BCUT2D eigenvalue weighted by molar-refractivity contribution is 5.82. The van der Waals surface area contributed by atoms with Crippen LogP contribution in [0.5, 0.6) is 11.5 Å². The molecule has 0 unspecified atom stereocenters. The summed E-state index contributed by atoms with van der Waals surface area (Å²) in [6.45, 7) is 0. The van der Waals surface area contributed by atoms with Gasteiger partial charge in [-0.1, -0.05) is 42.5 Å². The van der Waals surface area contributed by atoms with Gasteiger partial charge in [-0.2, -0.15) is 0 Å². The number of para-hydroxylation sites is 1. The first-order valence-corrected chi connectivity index (χ1v) is 8.61. The van der Waals surface area contributed by atoms with Gasteiger partial charge in [-0.3, -0.25) is 4.79 Å². The zero-order valence-electron chi connectivity index (χ0n) is 14.8. The standard InChI is InChI=1S/C23H18O4/c1-26-21-5-3-2-4-17(21)12-15-6-8-16(9-7-15)20-14-27-22-13-18(24)10-11-19(22)23(20)25/h2-11,13-14,24H,12H2,1H3. The molecule has 0 spiro atoms. The molecule has 4 nitrogen and oxygen atoms in total. The third kappa shape index (κ3) is 3.29. The maximum Gasteiger partial charge on any atom is 0.200 e. The Morgan fingerprint density at radius 1 is 1.00 bits per heavy atom. The van der Waals surface area contributed by atoms with E-state index < -0.39 is 0 Å². The van der Waals surface area contributed by atoms with Crippen molar-refractivity contribution in [3.63, 3.8) is 0 Å². The van der Waals surface area contributed by atoms with Crippen molar-refractivity contribution in [2.45, 2.75) is 6.42 Å². The Balaban J connectivity index is 1.66. The van der Waals surface area contributed by atoms with Crippen LogP contribution in [-0.2, 0) is 6.42 Å². The van der Waals surface area contributed by atoms with Gasteiger partial charge in [0.15, 0.2) is 5.43 Å². The summed E-state index contributed by atoms with van der Waals surface area (Å²) in [6, 6.07) is 20.3. The molecule has 0 bridgehead atoms. The lowest BCUT2D eigenvalue weighted by atomic mass is 10.00. The Labute approximate surface area is 156 Å². The van der Waals surface area contributed by atoms with Crippen molar-refractivity contribution in [3.05, 3.63) is 94.3 Å². The molecule has 1 heterocycles. The minimum atomic E-state index is -0.117. The maximum atomic E-state index is 12.7. The number of fused-ring (bicyclic) bond motifs is 1. The molecule has 0 atom stereocenters. The number of hydrogen-bond acceptors (Lipinski definition) is 4. The van der Waals surface area contributed by atoms with Crippen LogP contribution in [0.4, 0.5) is 0 Å². The van der Waals surface area contributed by atoms with Crippen molar-refractivity contribution in [2.24, 2.45) is 0 Å². The number of methoxy groups -OCH3 is 1. The smallest absolute Gasteiger partial charge is 0.200 e. The number of benzene rings is 3. The predicted octanol–water partition coefficient (Wildman–Crippen LogP) is 4.77. The molecule has 0 aliphatic heterocycles. The Morgan fingerprint density at radius 2 is 1.78 bits per heavy atom. The third-order valence-corrected chi connectivity index (χ3v) is 4.61. The SMILES string of the molecule is COc1ccccc1Cc1ccc(-c2coc3cc(O)ccc3c2=O)cc1. The van der Waals surface area contributed by atoms with E-state index in [1.54, 1.807) is 13.2 Å². The van der Waals surface area contributed by atoms with E-state index in [9.17, 15) is 9.90 Å². The molecule has 0 amide bonds. The van der Waals surface area contributed by atoms with Gasteiger partial charge < -0.3 is 14.3 Å². The number of phenolic OH excluding ortho intramolecular Hbond substituents is 1. The van der Waals surface area contributed by atoms with Crippen LogP contribution in [-0.4, -0.2) is 12.2 Å². The van der Waals surface area contributed by atoms with Crippen molar-refractivity contribution < 1.29 is 14.3 Å². The maximum absolute atomic E-state index is 12.7. The molecule has 3 aromatic carbocycles. The third-order valence-electron chi connectivity index (χ3n) is 4.61. The van der Waals surface area contributed by atoms with E-state index in [1.807, 2.05) is 48.5 Å². The number of hydrogen-bond donors (Lipinski definition) is 1.